The zero-order valence-electron chi connectivity index (χ0n) is 11.6. The van der Waals surface area contributed by atoms with Gasteiger partial charge in [0, 0.05) is 25.3 Å². The van der Waals surface area contributed by atoms with Crippen molar-refractivity contribution in [1.82, 2.24) is 5.32 Å². The normalized spacial score (nSPS) is 12.5. The lowest BCUT2D eigenvalue weighted by atomic mass is 10.1. The monoisotopic (exact) mass is 269 g/mol. The van der Waals surface area contributed by atoms with E-state index >= 15 is 0 Å². The molecule has 0 radical (unpaired) electrons. The zero-order chi connectivity index (χ0) is 14.1. The second-order valence-electron chi connectivity index (χ2n) is 4.38. The highest BCUT2D eigenvalue weighted by Gasteiger charge is 2.10. The number of hydrogen-bond donors (Lipinski definition) is 3. The van der Waals surface area contributed by atoms with Crippen molar-refractivity contribution in [2.24, 2.45) is 0 Å². The molecule has 1 rings (SSSR count). The van der Waals surface area contributed by atoms with E-state index in [1.54, 1.807) is 13.2 Å². The predicted molar refractivity (Wildman–Crippen MR) is 73.5 cm³/mol. The molecule has 19 heavy (non-hydrogen) atoms. The minimum absolute atomic E-state index is 0.0222. The van der Waals surface area contributed by atoms with E-state index in [2.05, 4.69) is 5.32 Å². The summed E-state index contributed by atoms with van der Waals surface area (Å²) < 4.78 is 10.2. The van der Waals surface area contributed by atoms with Gasteiger partial charge in [-0.25, -0.2) is 0 Å². The fraction of sp³-hybridized carbons (Fsp3) is 0.571. The van der Waals surface area contributed by atoms with Gasteiger partial charge in [-0.3, -0.25) is 0 Å². The SMILES string of the molecule is COCCOCCCNC(C)c1cc(O)ccc1O. The summed E-state index contributed by atoms with van der Waals surface area (Å²) in [5, 5.41) is 22.4. The average molecular weight is 269 g/mol. The number of benzene rings is 1. The number of hydrogen-bond acceptors (Lipinski definition) is 5. The van der Waals surface area contributed by atoms with Crippen molar-refractivity contribution in [3.05, 3.63) is 23.8 Å². The zero-order valence-corrected chi connectivity index (χ0v) is 11.6. The molecular formula is C14H23NO4. The maximum Gasteiger partial charge on any atom is 0.120 e. The van der Waals surface area contributed by atoms with Gasteiger partial charge in [-0.15, -0.1) is 0 Å². The van der Waals surface area contributed by atoms with E-state index in [1.165, 1.54) is 12.1 Å². The van der Waals surface area contributed by atoms with Crippen LogP contribution in [-0.4, -0.2) is 43.7 Å². The first-order chi connectivity index (χ1) is 9.15. The van der Waals surface area contributed by atoms with Crippen LogP contribution in [0, 0.1) is 0 Å². The second kappa shape index (κ2) is 8.74. The quantitative estimate of drug-likeness (QED) is 0.471. The van der Waals surface area contributed by atoms with E-state index in [0.29, 0.717) is 25.4 Å². The van der Waals surface area contributed by atoms with Crippen molar-refractivity contribution < 1.29 is 19.7 Å². The Bertz CT molecular complexity index is 370. The molecule has 0 aliphatic heterocycles. The summed E-state index contributed by atoms with van der Waals surface area (Å²) in [6.45, 7) is 4.62. The van der Waals surface area contributed by atoms with Crippen LogP contribution in [0.25, 0.3) is 0 Å². The Morgan fingerprint density at radius 1 is 1.21 bits per heavy atom. The number of methoxy groups -OCH3 is 1. The molecule has 0 bridgehead atoms. The lowest BCUT2D eigenvalue weighted by molar-refractivity contribution is 0.0693. The molecule has 0 saturated heterocycles. The molecule has 0 aliphatic rings. The Labute approximate surface area is 114 Å². The number of ether oxygens (including phenoxy) is 2. The number of phenols is 2. The van der Waals surface area contributed by atoms with Gasteiger partial charge in [0.25, 0.3) is 0 Å². The van der Waals surface area contributed by atoms with Crippen LogP contribution in [0.2, 0.25) is 0 Å². The molecule has 1 unspecified atom stereocenters. The van der Waals surface area contributed by atoms with Crippen molar-refractivity contribution in [3.8, 4) is 11.5 Å². The molecule has 1 aromatic carbocycles. The largest absolute Gasteiger partial charge is 0.508 e. The minimum Gasteiger partial charge on any atom is -0.508 e. The summed E-state index contributed by atoms with van der Waals surface area (Å²) in [4.78, 5) is 0. The molecule has 0 fully saturated rings. The lowest BCUT2D eigenvalue weighted by Crippen LogP contribution is -2.21. The third-order valence-corrected chi connectivity index (χ3v) is 2.83. The van der Waals surface area contributed by atoms with E-state index in [4.69, 9.17) is 9.47 Å². The molecule has 5 heteroatoms. The van der Waals surface area contributed by atoms with Gasteiger partial charge in [-0.05, 0) is 38.1 Å². The van der Waals surface area contributed by atoms with Crippen LogP contribution >= 0.6 is 0 Å². The van der Waals surface area contributed by atoms with Crippen LogP contribution in [0.5, 0.6) is 11.5 Å². The fourth-order valence-corrected chi connectivity index (χ4v) is 1.74. The van der Waals surface area contributed by atoms with Gasteiger partial charge in [-0.2, -0.15) is 0 Å². The van der Waals surface area contributed by atoms with Crippen molar-refractivity contribution in [1.29, 1.82) is 0 Å². The third kappa shape index (κ3) is 5.92. The van der Waals surface area contributed by atoms with Crippen LogP contribution in [0.3, 0.4) is 0 Å². The highest BCUT2D eigenvalue weighted by Crippen LogP contribution is 2.27. The van der Waals surface area contributed by atoms with Gasteiger partial charge in [0.2, 0.25) is 0 Å². The maximum atomic E-state index is 9.72. The summed E-state index contributed by atoms with van der Waals surface area (Å²) in [6.07, 6.45) is 0.883. The Morgan fingerprint density at radius 2 is 2.00 bits per heavy atom. The molecule has 3 N–H and O–H groups in total. The van der Waals surface area contributed by atoms with E-state index in [1.807, 2.05) is 6.92 Å². The standard InChI is InChI=1S/C14H23NO4/c1-11(13-10-12(16)4-5-14(13)17)15-6-3-7-19-9-8-18-2/h4-5,10-11,15-17H,3,6-9H2,1-2H3. The molecule has 1 aromatic rings. The lowest BCUT2D eigenvalue weighted by Gasteiger charge is -2.15. The third-order valence-electron chi connectivity index (χ3n) is 2.83. The molecule has 0 aromatic heterocycles. The summed E-state index contributed by atoms with van der Waals surface area (Å²) >= 11 is 0. The first kappa shape index (κ1) is 15.8. The summed E-state index contributed by atoms with van der Waals surface area (Å²) in [5.41, 5.74) is 0.695. The van der Waals surface area contributed by atoms with Gasteiger partial charge in [0.1, 0.15) is 11.5 Å². The summed E-state index contributed by atoms with van der Waals surface area (Å²) in [7, 11) is 1.65. The van der Waals surface area contributed by atoms with Crippen molar-refractivity contribution in [2.45, 2.75) is 19.4 Å². The molecular weight excluding hydrogens is 246 g/mol. The highest BCUT2D eigenvalue weighted by atomic mass is 16.5. The van der Waals surface area contributed by atoms with E-state index in [-0.39, 0.29) is 17.5 Å². The molecule has 0 aliphatic carbocycles. The smallest absolute Gasteiger partial charge is 0.120 e. The Balaban J connectivity index is 2.23. The molecule has 0 spiro atoms. The van der Waals surface area contributed by atoms with Crippen LogP contribution in [-0.2, 0) is 9.47 Å². The van der Waals surface area contributed by atoms with E-state index < -0.39 is 0 Å². The molecule has 0 heterocycles. The minimum atomic E-state index is -0.0222. The van der Waals surface area contributed by atoms with Crippen LogP contribution in [0.15, 0.2) is 18.2 Å². The second-order valence-corrected chi connectivity index (χ2v) is 4.38. The van der Waals surface area contributed by atoms with Crippen LogP contribution < -0.4 is 5.32 Å². The van der Waals surface area contributed by atoms with Crippen LogP contribution in [0.1, 0.15) is 24.9 Å². The van der Waals surface area contributed by atoms with Crippen LogP contribution in [0.4, 0.5) is 0 Å². The maximum absolute atomic E-state index is 9.72. The molecule has 5 nitrogen and oxygen atoms in total. The number of rotatable bonds is 9. The van der Waals surface area contributed by atoms with Gasteiger partial charge >= 0.3 is 0 Å². The number of phenolic OH excluding ortho intramolecular Hbond substituents is 2. The van der Waals surface area contributed by atoms with Gasteiger partial charge in [0.15, 0.2) is 0 Å². The molecule has 0 amide bonds. The van der Waals surface area contributed by atoms with Gasteiger partial charge in [-0.1, -0.05) is 0 Å². The predicted octanol–water partition coefficient (Wildman–Crippen LogP) is 1.80. The Morgan fingerprint density at radius 3 is 2.74 bits per heavy atom. The molecule has 1 atom stereocenters. The highest BCUT2D eigenvalue weighted by molar-refractivity contribution is 5.40. The summed E-state index contributed by atoms with van der Waals surface area (Å²) in [6, 6.07) is 4.51. The number of nitrogens with one attached hydrogen (secondary N) is 1. The van der Waals surface area contributed by atoms with E-state index in [9.17, 15) is 10.2 Å². The van der Waals surface area contributed by atoms with Crippen molar-refractivity contribution in [2.75, 3.05) is 33.5 Å². The van der Waals surface area contributed by atoms with Crippen molar-refractivity contribution in [3.63, 3.8) is 0 Å². The van der Waals surface area contributed by atoms with Gasteiger partial charge in [0.05, 0.1) is 13.2 Å². The topological polar surface area (TPSA) is 71.0 Å². The van der Waals surface area contributed by atoms with Crippen molar-refractivity contribution >= 4 is 0 Å². The fourth-order valence-electron chi connectivity index (χ4n) is 1.74. The Hall–Kier alpha value is -1.30. The van der Waals surface area contributed by atoms with E-state index in [0.717, 1.165) is 13.0 Å². The first-order valence-corrected chi connectivity index (χ1v) is 6.47. The number of aromatic hydroxyl groups is 2. The first-order valence-electron chi connectivity index (χ1n) is 6.47. The molecule has 0 saturated carbocycles. The van der Waals surface area contributed by atoms with Gasteiger partial charge < -0.3 is 25.0 Å². The Kier molecular flexibility index (Phi) is 7.25. The average Bonchev–Trinajstić information content (AvgIpc) is 2.40. The molecule has 108 valence electrons. The summed E-state index contributed by atoms with van der Waals surface area (Å²) in [5.74, 6) is 0.346.